The van der Waals surface area contributed by atoms with Gasteiger partial charge >= 0.3 is 0 Å². The molecule has 0 unspecified atom stereocenters. The van der Waals surface area contributed by atoms with Crippen LogP contribution < -0.4 is 10.6 Å². The maximum atomic E-state index is 11.6. The number of aryl methyl sites for hydroxylation is 1. The summed E-state index contributed by atoms with van der Waals surface area (Å²) in [6, 6.07) is 2.75. The predicted octanol–water partition coefficient (Wildman–Crippen LogP) is 2.49. The lowest BCUT2D eigenvalue weighted by Crippen LogP contribution is -2.21. The molecule has 0 aliphatic carbocycles. The van der Waals surface area contributed by atoms with Crippen molar-refractivity contribution in [3.8, 4) is 0 Å². The molecule has 0 heterocycles. The third-order valence-electron chi connectivity index (χ3n) is 2.54. The lowest BCUT2D eigenvalue weighted by molar-refractivity contribution is -0.384. The lowest BCUT2D eigenvalue weighted by Gasteiger charge is -2.09. The van der Waals surface area contributed by atoms with Gasteiger partial charge in [-0.15, -0.1) is 0 Å². The third kappa shape index (κ3) is 4.50. The Morgan fingerprint density at radius 3 is 2.74 bits per heavy atom. The SMILES string of the molecule is CCNCCC(=O)Nc1cc(Cl)c([N+](=O)[O-])cc1C. The molecule has 19 heavy (non-hydrogen) atoms. The third-order valence-corrected chi connectivity index (χ3v) is 2.85. The predicted molar refractivity (Wildman–Crippen MR) is 74.6 cm³/mol. The molecule has 1 aromatic carbocycles. The highest BCUT2D eigenvalue weighted by Crippen LogP contribution is 2.30. The first kappa shape index (κ1) is 15.4. The molecule has 1 amide bonds. The van der Waals surface area contributed by atoms with Gasteiger partial charge in [-0.05, 0) is 25.1 Å². The highest BCUT2D eigenvalue weighted by atomic mass is 35.5. The van der Waals surface area contributed by atoms with Crippen molar-refractivity contribution in [2.45, 2.75) is 20.3 Å². The number of nitro benzene ring substituents is 1. The summed E-state index contributed by atoms with van der Waals surface area (Å²) in [5, 5.41) is 16.4. The number of carbonyl (C=O) groups is 1. The van der Waals surface area contributed by atoms with Crippen LogP contribution in [0.15, 0.2) is 12.1 Å². The van der Waals surface area contributed by atoms with E-state index in [1.165, 1.54) is 12.1 Å². The van der Waals surface area contributed by atoms with E-state index in [1.54, 1.807) is 6.92 Å². The molecule has 104 valence electrons. The molecule has 0 bridgehead atoms. The van der Waals surface area contributed by atoms with Crippen molar-refractivity contribution in [1.82, 2.24) is 5.32 Å². The topological polar surface area (TPSA) is 84.3 Å². The van der Waals surface area contributed by atoms with E-state index in [-0.39, 0.29) is 16.6 Å². The minimum atomic E-state index is -0.550. The van der Waals surface area contributed by atoms with Crippen LogP contribution in [-0.2, 0) is 4.79 Å². The van der Waals surface area contributed by atoms with Crippen molar-refractivity contribution >= 4 is 28.9 Å². The zero-order valence-corrected chi connectivity index (χ0v) is 11.6. The molecule has 1 rings (SSSR count). The highest BCUT2D eigenvalue weighted by Gasteiger charge is 2.15. The summed E-state index contributed by atoms with van der Waals surface area (Å²) in [5.74, 6) is -0.158. The number of amides is 1. The number of nitrogens with one attached hydrogen (secondary N) is 2. The van der Waals surface area contributed by atoms with Crippen molar-refractivity contribution < 1.29 is 9.72 Å². The Bertz CT molecular complexity index is 491. The minimum absolute atomic E-state index is 0.0117. The van der Waals surface area contributed by atoms with E-state index in [4.69, 9.17) is 11.6 Å². The Hall–Kier alpha value is -1.66. The van der Waals surface area contributed by atoms with E-state index in [0.717, 1.165) is 6.54 Å². The van der Waals surface area contributed by atoms with Gasteiger partial charge in [0.1, 0.15) is 5.02 Å². The molecular formula is C12H16ClN3O3. The summed E-state index contributed by atoms with van der Waals surface area (Å²) in [4.78, 5) is 21.8. The Morgan fingerprint density at radius 1 is 1.47 bits per heavy atom. The Labute approximate surface area is 116 Å². The van der Waals surface area contributed by atoms with Gasteiger partial charge in [0.05, 0.1) is 4.92 Å². The average Bonchev–Trinajstić information content (AvgIpc) is 2.33. The van der Waals surface area contributed by atoms with Gasteiger partial charge in [-0.25, -0.2) is 0 Å². The molecule has 0 aliphatic rings. The second kappa shape index (κ2) is 7.06. The van der Waals surface area contributed by atoms with Gasteiger partial charge in [0, 0.05) is 24.7 Å². The van der Waals surface area contributed by atoms with E-state index in [0.29, 0.717) is 24.2 Å². The largest absolute Gasteiger partial charge is 0.326 e. The number of hydrogen-bond acceptors (Lipinski definition) is 4. The van der Waals surface area contributed by atoms with Gasteiger partial charge in [0.2, 0.25) is 5.91 Å². The van der Waals surface area contributed by atoms with Gasteiger partial charge < -0.3 is 10.6 Å². The number of rotatable bonds is 6. The molecule has 6 nitrogen and oxygen atoms in total. The van der Waals surface area contributed by atoms with E-state index in [9.17, 15) is 14.9 Å². The zero-order chi connectivity index (χ0) is 14.4. The second-order valence-electron chi connectivity index (χ2n) is 4.03. The molecule has 7 heteroatoms. The quantitative estimate of drug-likeness (QED) is 0.478. The first-order chi connectivity index (χ1) is 8.95. The normalized spacial score (nSPS) is 10.3. The van der Waals surface area contributed by atoms with E-state index in [2.05, 4.69) is 10.6 Å². The molecule has 1 aromatic rings. The molecule has 0 fully saturated rings. The second-order valence-corrected chi connectivity index (χ2v) is 4.43. The average molecular weight is 286 g/mol. The maximum absolute atomic E-state index is 11.6. The van der Waals surface area contributed by atoms with Crippen LogP contribution in [0.3, 0.4) is 0 Å². The van der Waals surface area contributed by atoms with Gasteiger partial charge in [-0.2, -0.15) is 0 Å². The number of nitrogens with zero attached hydrogens (tertiary/aromatic N) is 1. The summed E-state index contributed by atoms with van der Waals surface area (Å²) in [7, 11) is 0. The first-order valence-corrected chi connectivity index (χ1v) is 6.28. The standard InChI is InChI=1S/C12H16ClN3O3/c1-3-14-5-4-12(17)15-10-7-9(13)11(16(18)19)6-8(10)2/h6-7,14H,3-5H2,1-2H3,(H,15,17). The van der Waals surface area contributed by atoms with Crippen LogP contribution in [0.5, 0.6) is 0 Å². The molecule has 0 radical (unpaired) electrons. The Balaban J connectivity index is 2.77. The summed E-state index contributed by atoms with van der Waals surface area (Å²) in [6.45, 7) is 5.03. The number of carbonyl (C=O) groups excluding carboxylic acids is 1. The van der Waals surface area contributed by atoms with E-state index >= 15 is 0 Å². The van der Waals surface area contributed by atoms with Crippen LogP contribution in [0.1, 0.15) is 18.9 Å². The zero-order valence-electron chi connectivity index (χ0n) is 10.8. The maximum Gasteiger partial charge on any atom is 0.288 e. The van der Waals surface area contributed by atoms with Crippen LogP contribution in [0.4, 0.5) is 11.4 Å². The Kier molecular flexibility index (Phi) is 5.72. The minimum Gasteiger partial charge on any atom is -0.326 e. The van der Waals surface area contributed by atoms with Gasteiger partial charge in [-0.3, -0.25) is 14.9 Å². The van der Waals surface area contributed by atoms with Crippen LogP contribution in [-0.4, -0.2) is 23.9 Å². The van der Waals surface area contributed by atoms with Crippen LogP contribution >= 0.6 is 11.6 Å². The molecule has 2 N–H and O–H groups in total. The van der Waals surface area contributed by atoms with E-state index in [1.807, 2.05) is 6.92 Å². The summed E-state index contributed by atoms with van der Waals surface area (Å²) < 4.78 is 0. The fourth-order valence-corrected chi connectivity index (χ4v) is 1.76. The van der Waals surface area contributed by atoms with Crippen LogP contribution in [0.2, 0.25) is 5.02 Å². The van der Waals surface area contributed by atoms with Gasteiger partial charge in [-0.1, -0.05) is 18.5 Å². The summed E-state index contributed by atoms with van der Waals surface area (Å²) in [6.07, 6.45) is 0.335. The highest BCUT2D eigenvalue weighted by molar-refractivity contribution is 6.33. The molecule has 0 aliphatic heterocycles. The fourth-order valence-electron chi connectivity index (χ4n) is 1.53. The van der Waals surface area contributed by atoms with Crippen LogP contribution in [0, 0.1) is 17.0 Å². The monoisotopic (exact) mass is 285 g/mol. The smallest absolute Gasteiger partial charge is 0.288 e. The molecule has 0 spiro atoms. The number of halogens is 1. The van der Waals surface area contributed by atoms with Crippen molar-refractivity contribution in [3.05, 3.63) is 32.8 Å². The Morgan fingerprint density at radius 2 is 2.16 bits per heavy atom. The van der Waals surface area contributed by atoms with Gasteiger partial charge in [0.15, 0.2) is 0 Å². The van der Waals surface area contributed by atoms with Crippen molar-refractivity contribution in [3.63, 3.8) is 0 Å². The molecule has 0 saturated heterocycles. The molecule has 0 atom stereocenters. The fraction of sp³-hybridized carbons (Fsp3) is 0.417. The van der Waals surface area contributed by atoms with Crippen LogP contribution in [0.25, 0.3) is 0 Å². The summed E-state index contributed by atoms with van der Waals surface area (Å²) >= 11 is 5.80. The lowest BCUT2D eigenvalue weighted by atomic mass is 10.1. The molecule has 0 saturated carbocycles. The van der Waals surface area contributed by atoms with Gasteiger partial charge in [0.25, 0.3) is 5.69 Å². The molecular weight excluding hydrogens is 270 g/mol. The number of anilines is 1. The van der Waals surface area contributed by atoms with Crippen molar-refractivity contribution in [2.24, 2.45) is 0 Å². The number of nitro groups is 1. The van der Waals surface area contributed by atoms with Crippen molar-refractivity contribution in [1.29, 1.82) is 0 Å². The summed E-state index contributed by atoms with van der Waals surface area (Å²) in [5.41, 5.74) is 0.940. The van der Waals surface area contributed by atoms with Crippen molar-refractivity contribution in [2.75, 3.05) is 18.4 Å². The van der Waals surface area contributed by atoms with E-state index < -0.39 is 4.92 Å². The number of benzene rings is 1. The first-order valence-electron chi connectivity index (χ1n) is 5.90. The number of hydrogen-bond donors (Lipinski definition) is 2. The molecule has 0 aromatic heterocycles.